The number of ether oxygens (including phenoxy) is 1. The molecule has 0 aliphatic carbocycles. The predicted molar refractivity (Wildman–Crippen MR) is 108 cm³/mol. The molecule has 2 unspecified atom stereocenters. The number of hydrogen-bond acceptors (Lipinski definition) is 7. The molecule has 2 aromatic heterocycles. The van der Waals surface area contributed by atoms with Gasteiger partial charge in [0.25, 0.3) is 0 Å². The molecule has 1 N–H and O–H groups in total. The molecule has 174 valence electrons. The van der Waals surface area contributed by atoms with Crippen LogP contribution in [0.15, 0.2) is 27.2 Å². The lowest BCUT2D eigenvalue weighted by atomic mass is 10.1. The molecule has 32 heavy (non-hydrogen) atoms. The average Bonchev–Trinajstić information content (AvgIpc) is 3.37. The Hall–Kier alpha value is -2.73. The highest BCUT2D eigenvalue weighted by Crippen LogP contribution is 2.32. The van der Waals surface area contributed by atoms with E-state index in [1.807, 2.05) is 0 Å². The Labute approximate surface area is 184 Å². The summed E-state index contributed by atoms with van der Waals surface area (Å²) < 4.78 is 74.0. The van der Waals surface area contributed by atoms with Gasteiger partial charge in [0.05, 0.1) is 6.61 Å². The van der Waals surface area contributed by atoms with E-state index >= 15 is 0 Å². The topological polar surface area (TPSA) is 111 Å². The summed E-state index contributed by atoms with van der Waals surface area (Å²) in [5.41, 5.74) is 2.28. The first-order chi connectivity index (χ1) is 15.1. The van der Waals surface area contributed by atoms with Crippen LogP contribution >= 0.6 is 0 Å². The molecule has 0 saturated heterocycles. The van der Waals surface area contributed by atoms with Crippen molar-refractivity contribution >= 4 is 11.1 Å². The number of rotatable bonds is 9. The van der Waals surface area contributed by atoms with Crippen LogP contribution in [0.1, 0.15) is 53.5 Å². The van der Waals surface area contributed by atoms with Gasteiger partial charge in [-0.2, -0.15) is 18.2 Å². The standard InChI is InChI=1S/C20H22F3N3O5S/c1-4-16(32(27)28)15-10-14(30-25-15)6-5-7-29-17-11(2)8-13(9-12(17)3)18-24-19(31-26-18)20(21,22)23/h8-10,16H,4-7H2,1-3H3,(H,27,28). The van der Waals surface area contributed by atoms with Crippen LogP contribution in [0.3, 0.4) is 0 Å². The van der Waals surface area contributed by atoms with Crippen LogP contribution < -0.4 is 4.74 Å². The van der Waals surface area contributed by atoms with E-state index in [9.17, 15) is 21.9 Å². The molecule has 0 fully saturated rings. The van der Waals surface area contributed by atoms with Crippen LogP contribution in [-0.4, -0.2) is 30.7 Å². The van der Waals surface area contributed by atoms with Crippen molar-refractivity contribution in [3.63, 3.8) is 0 Å². The van der Waals surface area contributed by atoms with Gasteiger partial charge in [0, 0.05) is 18.1 Å². The van der Waals surface area contributed by atoms with Gasteiger partial charge in [-0.1, -0.05) is 17.2 Å². The summed E-state index contributed by atoms with van der Waals surface area (Å²) >= 11 is -2.02. The molecular weight excluding hydrogens is 451 g/mol. The largest absolute Gasteiger partial charge is 0.493 e. The number of nitrogens with zero attached hydrogens (tertiary/aromatic N) is 3. The molecule has 0 spiro atoms. The Morgan fingerprint density at radius 3 is 2.41 bits per heavy atom. The lowest BCUT2D eigenvalue weighted by molar-refractivity contribution is -0.159. The molecule has 1 aromatic carbocycles. The van der Waals surface area contributed by atoms with Gasteiger partial charge in [-0.25, -0.2) is 4.21 Å². The Morgan fingerprint density at radius 1 is 1.16 bits per heavy atom. The second kappa shape index (κ2) is 9.82. The highest BCUT2D eigenvalue weighted by molar-refractivity contribution is 7.79. The first kappa shape index (κ1) is 23.9. The Balaban J connectivity index is 1.60. The molecule has 8 nitrogen and oxygen atoms in total. The maximum Gasteiger partial charge on any atom is 0.471 e. The fourth-order valence-electron chi connectivity index (χ4n) is 3.24. The van der Waals surface area contributed by atoms with E-state index in [0.29, 0.717) is 48.6 Å². The van der Waals surface area contributed by atoms with Crippen LogP contribution in [0.5, 0.6) is 5.75 Å². The van der Waals surface area contributed by atoms with Crippen molar-refractivity contribution in [1.82, 2.24) is 15.3 Å². The van der Waals surface area contributed by atoms with E-state index in [2.05, 4.69) is 19.8 Å². The summed E-state index contributed by atoms with van der Waals surface area (Å²) in [7, 11) is 0. The Morgan fingerprint density at radius 2 is 1.84 bits per heavy atom. The fraction of sp³-hybridized carbons (Fsp3) is 0.450. The lowest BCUT2D eigenvalue weighted by Gasteiger charge is -2.13. The Bertz CT molecular complexity index is 1070. The van der Waals surface area contributed by atoms with E-state index in [1.165, 1.54) is 0 Å². The molecule has 3 rings (SSSR count). The zero-order valence-corrected chi connectivity index (χ0v) is 18.4. The van der Waals surface area contributed by atoms with Crippen LogP contribution in [-0.2, 0) is 23.7 Å². The molecule has 0 saturated carbocycles. The normalized spacial score (nSPS) is 13.8. The number of halogens is 3. The number of alkyl halides is 3. The zero-order valence-electron chi connectivity index (χ0n) is 17.6. The molecule has 0 bridgehead atoms. The van der Waals surface area contributed by atoms with Crippen molar-refractivity contribution < 1.29 is 35.7 Å². The first-order valence-electron chi connectivity index (χ1n) is 9.80. The van der Waals surface area contributed by atoms with Crippen molar-refractivity contribution in [2.75, 3.05) is 6.61 Å². The quantitative estimate of drug-likeness (QED) is 0.340. The van der Waals surface area contributed by atoms with Crippen molar-refractivity contribution in [3.8, 4) is 17.1 Å². The second-order valence-corrected chi connectivity index (χ2v) is 8.32. The third-order valence-electron chi connectivity index (χ3n) is 4.72. The van der Waals surface area contributed by atoms with Crippen molar-refractivity contribution in [2.24, 2.45) is 0 Å². The molecule has 3 aromatic rings. The van der Waals surface area contributed by atoms with Gasteiger partial charge in [-0.3, -0.25) is 0 Å². The number of benzene rings is 1. The summed E-state index contributed by atoms with van der Waals surface area (Å²) in [4.78, 5) is 3.41. The van der Waals surface area contributed by atoms with E-state index < -0.39 is 28.4 Å². The van der Waals surface area contributed by atoms with E-state index in [1.54, 1.807) is 39.0 Å². The SMILES string of the molecule is CCC(c1cc(CCCOc2c(C)cc(-c3noc(C(F)(F)F)n3)cc2C)on1)S(=O)O. The van der Waals surface area contributed by atoms with Crippen LogP contribution in [0.2, 0.25) is 0 Å². The minimum absolute atomic E-state index is 0.148. The first-order valence-corrected chi connectivity index (χ1v) is 11.0. The highest BCUT2D eigenvalue weighted by Gasteiger charge is 2.38. The van der Waals surface area contributed by atoms with Gasteiger partial charge < -0.3 is 18.3 Å². The minimum Gasteiger partial charge on any atom is -0.493 e. The monoisotopic (exact) mass is 473 g/mol. The van der Waals surface area contributed by atoms with Crippen molar-refractivity contribution in [2.45, 2.75) is 51.5 Å². The predicted octanol–water partition coefficient (Wildman–Crippen LogP) is 5.04. The van der Waals surface area contributed by atoms with Gasteiger partial charge in [-0.05, 0) is 49.9 Å². The number of aromatic nitrogens is 3. The third-order valence-corrected chi connectivity index (χ3v) is 5.78. The molecule has 2 heterocycles. The number of aryl methyl sites for hydroxylation is 3. The highest BCUT2D eigenvalue weighted by atomic mass is 32.2. The summed E-state index contributed by atoms with van der Waals surface area (Å²) in [6, 6.07) is 4.94. The van der Waals surface area contributed by atoms with E-state index in [0.717, 1.165) is 11.1 Å². The molecule has 12 heteroatoms. The van der Waals surface area contributed by atoms with Gasteiger partial charge in [0.15, 0.2) is 11.1 Å². The lowest BCUT2D eigenvalue weighted by Crippen LogP contribution is -2.05. The molecular formula is C20H22F3N3O5S. The smallest absolute Gasteiger partial charge is 0.471 e. The summed E-state index contributed by atoms with van der Waals surface area (Å²) in [5.74, 6) is -0.332. The third kappa shape index (κ3) is 5.54. The van der Waals surface area contributed by atoms with E-state index in [4.69, 9.17) is 9.26 Å². The average molecular weight is 473 g/mol. The van der Waals surface area contributed by atoms with Crippen LogP contribution in [0, 0.1) is 13.8 Å². The summed E-state index contributed by atoms with van der Waals surface area (Å²) in [5, 5.41) is 6.69. The summed E-state index contributed by atoms with van der Waals surface area (Å²) in [6.07, 6.45) is -3.10. The van der Waals surface area contributed by atoms with Gasteiger partial charge in [0.2, 0.25) is 5.82 Å². The zero-order chi connectivity index (χ0) is 23.5. The molecule has 0 radical (unpaired) electrons. The van der Waals surface area contributed by atoms with Crippen LogP contribution in [0.4, 0.5) is 13.2 Å². The van der Waals surface area contributed by atoms with Gasteiger partial charge in [0.1, 0.15) is 22.5 Å². The van der Waals surface area contributed by atoms with Gasteiger partial charge in [-0.15, -0.1) is 0 Å². The Kier molecular flexibility index (Phi) is 7.34. The maximum atomic E-state index is 12.7. The molecule has 2 atom stereocenters. The number of hydrogen-bond donors (Lipinski definition) is 1. The molecule has 0 aliphatic heterocycles. The van der Waals surface area contributed by atoms with Crippen LogP contribution in [0.25, 0.3) is 11.4 Å². The maximum absolute atomic E-state index is 12.7. The molecule has 0 aliphatic rings. The second-order valence-electron chi connectivity index (χ2n) is 7.20. The minimum atomic E-state index is -4.70. The molecule has 0 amide bonds. The van der Waals surface area contributed by atoms with Crippen molar-refractivity contribution in [1.29, 1.82) is 0 Å². The van der Waals surface area contributed by atoms with Gasteiger partial charge >= 0.3 is 12.1 Å². The van der Waals surface area contributed by atoms with E-state index in [-0.39, 0.29) is 5.82 Å². The summed E-state index contributed by atoms with van der Waals surface area (Å²) in [6.45, 7) is 5.71. The fourth-order valence-corrected chi connectivity index (χ4v) is 3.84. The van der Waals surface area contributed by atoms with Crippen molar-refractivity contribution in [3.05, 3.63) is 46.7 Å².